The number of likely N-dealkylation sites (tertiary alicyclic amines) is 1. The number of benzene rings is 3. The number of allylic oxidation sites excluding steroid dienone is 1. The number of amides is 1. The summed E-state index contributed by atoms with van der Waals surface area (Å²) in [7, 11) is 7.46. The average molecular weight is 550 g/mol. The molecule has 208 valence electrons. The minimum Gasteiger partial charge on any atom is -0.455 e. The van der Waals surface area contributed by atoms with Crippen LogP contribution in [-0.4, -0.2) is 49.3 Å². The van der Waals surface area contributed by atoms with Crippen molar-refractivity contribution in [3.63, 3.8) is 0 Å². The van der Waals surface area contributed by atoms with Gasteiger partial charge in [0.25, 0.3) is 5.91 Å². The van der Waals surface area contributed by atoms with Gasteiger partial charge in [-0.1, -0.05) is 50.3 Å². The predicted molar refractivity (Wildman–Crippen MR) is 166 cm³/mol. The summed E-state index contributed by atoms with van der Waals surface area (Å²) in [6, 6.07) is 15.7. The third-order valence-corrected chi connectivity index (χ3v) is 7.72. The minimum atomic E-state index is -0.463. The van der Waals surface area contributed by atoms with Crippen LogP contribution < -0.4 is 15.4 Å². The second-order valence-electron chi connectivity index (χ2n) is 9.49. The Bertz CT molecular complexity index is 1350. The molecule has 1 amide bonds. The number of hydrogen-bond acceptors (Lipinski definition) is 4. The lowest BCUT2D eigenvalue weighted by Gasteiger charge is -2.21. The first kappa shape index (κ1) is 30.3. The summed E-state index contributed by atoms with van der Waals surface area (Å²) in [5, 5.41) is 8.61. The van der Waals surface area contributed by atoms with E-state index in [0.717, 1.165) is 30.2 Å². The highest BCUT2D eigenvalue weighted by molar-refractivity contribution is 7.23. The van der Waals surface area contributed by atoms with Gasteiger partial charge in [0.1, 0.15) is 11.4 Å². The van der Waals surface area contributed by atoms with Crippen LogP contribution in [0.1, 0.15) is 51.2 Å². The van der Waals surface area contributed by atoms with Crippen molar-refractivity contribution >= 4 is 36.5 Å². The Labute approximate surface area is 234 Å². The molecule has 1 heterocycles. The summed E-state index contributed by atoms with van der Waals surface area (Å²) in [5.74, 6) is 0.326. The zero-order valence-corrected chi connectivity index (χ0v) is 25.0. The molecule has 1 atom stereocenters. The van der Waals surface area contributed by atoms with E-state index in [0.29, 0.717) is 46.1 Å². The van der Waals surface area contributed by atoms with Crippen LogP contribution >= 0.6 is 8.86 Å². The predicted octanol–water partition coefficient (Wildman–Crippen LogP) is 7.36. The van der Waals surface area contributed by atoms with E-state index in [4.69, 9.17) is 4.74 Å². The maximum Gasteiger partial charge on any atom is 0.251 e. The molecule has 4 rings (SSSR count). The van der Waals surface area contributed by atoms with Gasteiger partial charge in [0.05, 0.1) is 0 Å². The van der Waals surface area contributed by atoms with Crippen LogP contribution in [0.25, 0.3) is 10.8 Å². The molecule has 0 radical (unpaired) electrons. The van der Waals surface area contributed by atoms with Crippen LogP contribution in [0.5, 0.6) is 11.5 Å². The molecule has 0 spiro atoms. The molecule has 0 aromatic heterocycles. The van der Waals surface area contributed by atoms with Gasteiger partial charge in [0.15, 0.2) is 11.6 Å². The van der Waals surface area contributed by atoms with Gasteiger partial charge in [0.2, 0.25) is 0 Å². The van der Waals surface area contributed by atoms with Crippen LogP contribution in [0.15, 0.2) is 60.2 Å². The number of hydrogen-bond donors (Lipinski definition) is 2. The topological polar surface area (TPSA) is 53.6 Å². The number of carbonyl (C=O) groups is 1. The van der Waals surface area contributed by atoms with E-state index in [1.807, 2.05) is 63.2 Å². The van der Waals surface area contributed by atoms with E-state index in [2.05, 4.69) is 31.4 Å². The van der Waals surface area contributed by atoms with Gasteiger partial charge in [-0.15, -0.1) is 8.86 Å². The van der Waals surface area contributed by atoms with Crippen molar-refractivity contribution in [3.05, 3.63) is 77.1 Å². The van der Waals surface area contributed by atoms with Crippen molar-refractivity contribution in [2.75, 3.05) is 32.5 Å². The van der Waals surface area contributed by atoms with E-state index < -0.39 is 5.82 Å². The quantitative estimate of drug-likeness (QED) is 0.216. The number of ether oxygens (including phenoxy) is 1. The van der Waals surface area contributed by atoms with Crippen LogP contribution in [0, 0.1) is 12.7 Å². The molecule has 0 saturated carbocycles. The molecule has 1 fully saturated rings. The molecular weight excluding hydrogens is 508 g/mol. The molecule has 3 aromatic carbocycles. The Hall–Kier alpha value is -3.21. The number of rotatable bonds is 9. The lowest BCUT2D eigenvalue weighted by Crippen LogP contribution is -2.33. The molecule has 1 aliphatic rings. The number of anilines is 1. The number of carbonyl (C=O) groups excluding carboxylic acids is 1. The molecule has 0 bridgehead atoms. The highest BCUT2D eigenvalue weighted by atomic mass is 31.0. The Balaban J connectivity index is 0.00000205. The third kappa shape index (κ3) is 7.06. The zero-order chi connectivity index (χ0) is 28.5. The molecule has 0 aliphatic carbocycles. The number of halogens is 1. The lowest BCUT2D eigenvalue weighted by atomic mass is 9.97. The van der Waals surface area contributed by atoms with E-state index in [1.54, 1.807) is 20.0 Å². The Kier molecular flexibility index (Phi) is 11.1. The Morgan fingerprint density at radius 1 is 1.18 bits per heavy atom. The standard InChI is InChI=1S/C30H35FN3O2P.C2H6/c1-5-24(30(35)33-15-14-22-11-8-16-34(22)4)29(37)25-18-26(31)27(32-3)28(19(25)2)36-23-13-12-20-9-6-7-10-21(20)17-23;1-2/h5-7,9-10,12-13,17-18,22,32,37H,8,11,14-16H2,1-4H3,(H,33,35);1-2H3/b24-5+;. The maximum absolute atomic E-state index is 15.3. The van der Waals surface area contributed by atoms with Gasteiger partial charge in [-0.3, -0.25) is 4.79 Å². The van der Waals surface area contributed by atoms with Gasteiger partial charge in [-0.2, -0.15) is 0 Å². The fourth-order valence-corrected chi connectivity index (χ4v) is 5.54. The van der Waals surface area contributed by atoms with E-state index in [-0.39, 0.29) is 11.6 Å². The van der Waals surface area contributed by atoms with Gasteiger partial charge in [-0.05, 0) is 81.2 Å². The highest BCUT2D eigenvalue weighted by Crippen LogP contribution is 2.39. The monoisotopic (exact) mass is 549 g/mol. The van der Waals surface area contributed by atoms with Crippen LogP contribution in [0.4, 0.5) is 10.1 Å². The maximum atomic E-state index is 15.3. The molecule has 1 aliphatic heterocycles. The molecule has 1 unspecified atom stereocenters. The van der Waals surface area contributed by atoms with Crippen molar-refractivity contribution in [3.8, 4) is 11.5 Å². The van der Waals surface area contributed by atoms with Gasteiger partial charge >= 0.3 is 0 Å². The Morgan fingerprint density at radius 3 is 2.54 bits per heavy atom. The van der Waals surface area contributed by atoms with E-state index in [1.165, 1.54) is 12.5 Å². The van der Waals surface area contributed by atoms with Gasteiger partial charge in [0, 0.05) is 36.1 Å². The average Bonchev–Trinajstić information content (AvgIpc) is 3.36. The van der Waals surface area contributed by atoms with Crippen LogP contribution in [-0.2, 0) is 4.79 Å². The van der Waals surface area contributed by atoms with Crippen molar-refractivity contribution in [1.82, 2.24) is 10.2 Å². The first-order valence-electron chi connectivity index (χ1n) is 13.8. The number of fused-ring (bicyclic) bond motifs is 1. The molecule has 5 nitrogen and oxygen atoms in total. The summed E-state index contributed by atoms with van der Waals surface area (Å²) in [5.41, 5.74) is 1.99. The molecular formula is C32H41FN3O2P. The molecule has 39 heavy (non-hydrogen) atoms. The molecule has 7 heteroatoms. The van der Waals surface area contributed by atoms with Crippen molar-refractivity contribution in [2.24, 2.45) is 0 Å². The second kappa shape index (κ2) is 14.3. The number of nitrogens with one attached hydrogen (secondary N) is 2. The molecule has 3 aromatic rings. The zero-order valence-electron chi connectivity index (χ0n) is 24.0. The number of nitrogens with zero attached hydrogens (tertiary/aromatic N) is 1. The Morgan fingerprint density at radius 2 is 1.90 bits per heavy atom. The smallest absolute Gasteiger partial charge is 0.251 e. The summed E-state index contributed by atoms with van der Waals surface area (Å²) in [6.07, 6.45) is 5.01. The van der Waals surface area contributed by atoms with Crippen LogP contribution in [0.2, 0.25) is 0 Å². The first-order chi connectivity index (χ1) is 18.8. The van der Waals surface area contributed by atoms with Crippen molar-refractivity contribution < 1.29 is 13.9 Å². The minimum absolute atomic E-state index is 0.192. The first-order valence-corrected chi connectivity index (χ1v) is 14.3. The lowest BCUT2D eigenvalue weighted by molar-refractivity contribution is -0.117. The third-order valence-electron chi connectivity index (χ3n) is 7.18. The molecule has 1 saturated heterocycles. The SMILES string of the molecule is C/C=C(/C(=O)NCCC1CCCN1C)C(=P)c1cc(F)c(NC)c(Oc2ccc3ccccc3c2)c1C.CC. The van der Waals surface area contributed by atoms with Crippen LogP contribution in [0.3, 0.4) is 0 Å². The van der Waals surface area contributed by atoms with E-state index >= 15 is 4.39 Å². The fraction of sp³-hybridized carbons (Fsp3) is 0.375. The summed E-state index contributed by atoms with van der Waals surface area (Å²) >= 11 is 0. The summed E-state index contributed by atoms with van der Waals surface area (Å²) in [4.78, 5) is 15.4. The van der Waals surface area contributed by atoms with Gasteiger partial charge < -0.3 is 20.3 Å². The molecule has 2 N–H and O–H groups in total. The van der Waals surface area contributed by atoms with E-state index in [9.17, 15) is 4.79 Å². The normalized spacial score (nSPS) is 15.5. The fourth-order valence-electron chi connectivity index (χ4n) is 5.02. The van der Waals surface area contributed by atoms with Gasteiger partial charge in [-0.25, -0.2) is 4.39 Å². The summed E-state index contributed by atoms with van der Waals surface area (Å²) in [6.45, 7) is 9.37. The van der Waals surface area contributed by atoms with Crippen molar-refractivity contribution in [2.45, 2.75) is 53.0 Å². The van der Waals surface area contributed by atoms with Crippen molar-refractivity contribution in [1.29, 1.82) is 0 Å². The summed E-state index contributed by atoms with van der Waals surface area (Å²) < 4.78 is 21.5. The second-order valence-corrected chi connectivity index (χ2v) is 9.99. The largest absolute Gasteiger partial charge is 0.455 e. The highest BCUT2D eigenvalue weighted by Gasteiger charge is 2.24.